The molecule has 1 unspecified atom stereocenters. The third-order valence-electron chi connectivity index (χ3n) is 3.74. The van der Waals surface area contributed by atoms with Gasteiger partial charge in [-0.1, -0.05) is 24.6 Å². The number of aromatic nitrogens is 1. The van der Waals surface area contributed by atoms with E-state index in [4.69, 9.17) is 9.26 Å². The van der Waals surface area contributed by atoms with Gasteiger partial charge in [0.2, 0.25) is 0 Å². The Morgan fingerprint density at radius 2 is 2.41 bits per heavy atom. The number of rotatable bonds is 10. The first-order chi connectivity index (χ1) is 10.8. The molecule has 0 aliphatic rings. The molecule has 22 heavy (non-hydrogen) atoms. The first-order valence-corrected chi connectivity index (χ1v) is 8.55. The fourth-order valence-corrected chi connectivity index (χ4v) is 3.19. The summed E-state index contributed by atoms with van der Waals surface area (Å²) in [6, 6.07) is 3.91. The van der Waals surface area contributed by atoms with Gasteiger partial charge in [-0.15, -0.1) is 17.9 Å². The van der Waals surface area contributed by atoms with E-state index in [2.05, 4.69) is 24.0 Å². The molecule has 0 saturated carbocycles. The monoisotopic (exact) mass is 320 g/mol. The Balaban J connectivity index is 1.81. The van der Waals surface area contributed by atoms with Crippen LogP contribution in [0.25, 0.3) is 10.6 Å². The molecule has 0 bridgehead atoms. The van der Waals surface area contributed by atoms with Crippen LogP contribution in [-0.2, 0) is 6.54 Å². The van der Waals surface area contributed by atoms with Gasteiger partial charge in [0, 0.05) is 12.6 Å². The van der Waals surface area contributed by atoms with E-state index in [-0.39, 0.29) is 0 Å². The highest BCUT2D eigenvalue weighted by molar-refractivity contribution is 7.13. The largest absolute Gasteiger partial charge is 0.495 e. The molecule has 0 fully saturated rings. The van der Waals surface area contributed by atoms with Crippen LogP contribution in [0.1, 0.15) is 31.9 Å². The van der Waals surface area contributed by atoms with Gasteiger partial charge in [0.1, 0.15) is 10.6 Å². The number of methoxy groups -OCH3 is 1. The van der Waals surface area contributed by atoms with Crippen LogP contribution < -0.4 is 10.1 Å². The molecule has 0 amide bonds. The van der Waals surface area contributed by atoms with Crippen molar-refractivity contribution in [3.63, 3.8) is 0 Å². The van der Waals surface area contributed by atoms with Gasteiger partial charge in [-0.3, -0.25) is 0 Å². The molecule has 1 N–H and O–H groups in total. The van der Waals surface area contributed by atoms with Gasteiger partial charge < -0.3 is 14.6 Å². The van der Waals surface area contributed by atoms with Crippen molar-refractivity contribution in [3.8, 4) is 16.4 Å². The van der Waals surface area contributed by atoms with E-state index in [0.717, 1.165) is 48.0 Å². The minimum absolute atomic E-state index is 0.716. The highest BCUT2D eigenvalue weighted by Crippen LogP contribution is 2.35. The summed E-state index contributed by atoms with van der Waals surface area (Å²) in [7, 11) is 1.66. The van der Waals surface area contributed by atoms with Gasteiger partial charge in [-0.25, -0.2) is 0 Å². The number of allylic oxidation sites excluding steroid dienone is 1. The summed E-state index contributed by atoms with van der Waals surface area (Å²) >= 11 is 1.59. The molecule has 0 saturated heterocycles. The number of hydrogen-bond acceptors (Lipinski definition) is 5. The van der Waals surface area contributed by atoms with Gasteiger partial charge in [-0.05, 0) is 36.8 Å². The second-order valence-corrected chi connectivity index (χ2v) is 6.18. The smallest absolute Gasteiger partial charge is 0.180 e. The Labute approximate surface area is 136 Å². The summed E-state index contributed by atoms with van der Waals surface area (Å²) in [5.74, 6) is 2.31. The number of nitrogens with one attached hydrogen (secondary N) is 1. The van der Waals surface area contributed by atoms with Gasteiger partial charge in [0.25, 0.3) is 0 Å². The molecule has 0 aromatic carbocycles. The van der Waals surface area contributed by atoms with Crippen LogP contribution in [0.4, 0.5) is 0 Å². The summed E-state index contributed by atoms with van der Waals surface area (Å²) in [5.41, 5.74) is 0.919. The molecule has 0 aliphatic heterocycles. The van der Waals surface area contributed by atoms with Crippen LogP contribution in [0.3, 0.4) is 0 Å². The Morgan fingerprint density at radius 1 is 1.55 bits per heavy atom. The van der Waals surface area contributed by atoms with E-state index in [1.54, 1.807) is 18.4 Å². The van der Waals surface area contributed by atoms with Crippen LogP contribution in [-0.4, -0.2) is 18.8 Å². The van der Waals surface area contributed by atoms with E-state index in [0.29, 0.717) is 5.92 Å². The molecule has 2 rings (SSSR count). The van der Waals surface area contributed by atoms with Crippen LogP contribution in [0.5, 0.6) is 5.75 Å². The number of ether oxygens (including phenoxy) is 1. The van der Waals surface area contributed by atoms with Crippen molar-refractivity contribution in [3.05, 3.63) is 35.9 Å². The first-order valence-electron chi connectivity index (χ1n) is 7.67. The molecular formula is C17H24N2O2S. The van der Waals surface area contributed by atoms with E-state index < -0.39 is 0 Å². The molecule has 4 nitrogen and oxygen atoms in total. The summed E-state index contributed by atoms with van der Waals surface area (Å²) in [5, 5.41) is 9.53. The van der Waals surface area contributed by atoms with Gasteiger partial charge in [-0.2, -0.15) is 0 Å². The minimum Gasteiger partial charge on any atom is -0.495 e. The molecule has 2 heterocycles. The Bertz CT molecular complexity index is 577. The zero-order valence-corrected chi connectivity index (χ0v) is 14.1. The third-order valence-corrected chi connectivity index (χ3v) is 4.65. The molecule has 2 aromatic heterocycles. The first kappa shape index (κ1) is 16.8. The van der Waals surface area contributed by atoms with Crippen molar-refractivity contribution in [2.45, 2.75) is 32.7 Å². The Hall–Kier alpha value is -1.59. The molecule has 5 heteroatoms. The molecule has 0 spiro atoms. The predicted octanol–water partition coefficient (Wildman–Crippen LogP) is 4.49. The number of thiophene rings is 1. The standard InChI is InChI=1S/C17H24N2O2S/c1-4-6-13(5-2)7-9-18-12-14-11-16(21-19-14)17-15(20-3)8-10-22-17/h4,8,10-11,13,18H,1,5-7,9,12H2,2-3H3. The number of nitrogens with zero attached hydrogens (tertiary/aromatic N) is 1. The predicted molar refractivity (Wildman–Crippen MR) is 91.3 cm³/mol. The highest BCUT2D eigenvalue weighted by atomic mass is 32.1. The lowest BCUT2D eigenvalue weighted by molar-refractivity contribution is 0.403. The zero-order chi connectivity index (χ0) is 15.8. The maximum absolute atomic E-state index is 5.42. The second-order valence-electron chi connectivity index (χ2n) is 5.26. The molecule has 1 atom stereocenters. The average molecular weight is 320 g/mol. The van der Waals surface area contributed by atoms with E-state index >= 15 is 0 Å². The van der Waals surface area contributed by atoms with Crippen molar-refractivity contribution < 1.29 is 9.26 Å². The highest BCUT2D eigenvalue weighted by Gasteiger charge is 2.13. The molecule has 0 aliphatic carbocycles. The molecule has 120 valence electrons. The average Bonchev–Trinajstić information content (AvgIpc) is 3.18. The lowest BCUT2D eigenvalue weighted by Crippen LogP contribution is -2.17. The van der Waals surface area contributed by atoms with E-state index in [1.807, 2.05) is 23.6 Å². The van der Waals surface area contributed by atoms with Crippen molar-refractivity contribution in [1.29, 1.82) is 0 Å². The summed E-state index contributed by atoms with van der Waals surface area (Å²) in [6.45, 7) is 7.75. The Morgan fingerprint density at radius 3 is 3.14 bits per heavy atom. The minimum atomic E-state index is 0.716. The van der Waals surface area contributed by atoms with Gasteiger partial charge in [0.15, 0.2) is 5.76 Å². The number of hydrogen-bond donors (Lipinski definition) is 1. The quantitative estimate of drug-likeness (QED) is 0.517. The van der Waals surface area contributed by atoms with Gasteiger partial charge >= 0.3 is 0 Å². The maximum Gasteiger partial charge on any atom is 0.180 e. The van der Waals surface area contributed by atoms with Crippen LogP contribution in [0.15, 0.2) is 34.7 Å². The van der Waals surface area contributed by atoms with Crippen molar-refractivity contribution in [2.75, 3.05) is 13.7 Å². The van der Waals surface area contributed by atoms with E-state index in [9.17, 15) is 0 Å². The van der Waals surface area contributed by atoms with Crippen LogP contribution in [0, 0.1) is 5.92 Å². The Kier molecular flexibility index (Phi) is 6.68. The summed E-state index contributed by atoms with van der Waals surface area (Å²) in [4.78, 5) is 0.985. The summed E-state index contributed by atoms with van der Waals surface area (Å²) in [6.07, 6.45) is 5.45. The fourth-order valence-electron chi connectivity index (χ4n) is 2.39. The second kappa shape index (κ2) is 8.76. The lowest BCUT2D eigenvalue weighted by Gasteiger charge is -2.12. The van der Waals surface area contributed by atoms with Gasteiger partial charge in [0.05, 0.1) is 12.8 Å². The summed E-state index contributed by atoms with van der Waals surface area (Å²) < 4.78 is 10.7. The third kappa shape index (κ3) is 4.45. The molecule has 0 radical (unpaired) electrons. The van der Waals surface area contributed by atoms with Crippen LogP contribution >= 0.6 is 11.3 Å². The topological polar surface area (TPSA) is 47.3 Å². The van der Waals surface area contributed by atoms with Crippen molar-refractivity contribution >= 4 is 11.3 Å². The lowest BCUT2D eigenvalue weighted by atomic mass is 9.99. The van der Waals surface area contributed by atoms with Crippen LogP contribution in [0.2, 0.25) is 0 Å². The zero-order valence-electron chi connectivity index (χ0n) is 13.3. The molecule has 2 aromatic rings. The fraction of sp³-hybridized carbons (Fsp3) is 0.471. The van der Waals surface area contributed by atoms with E-state index in [1.165, 1.54) is 6.42 Å². The van der Waals surface area contributed by atoms with Crippen molar-refractivity contribution in [2.24, 2.45) is 5.92 Å². The molecular weight excluding hydrogens is 296 g/mol. The van der Waals surface area contributed by atoms with Crippen molar-refractivity contribution in [1.82, 2.24) is 10.5 Å². The normalized spacial score (nSPS) is 12.3. The SMILES string of the molecule is C=CCC(CC)CCNCc1cc(-c2sccc2OC)on1. The maximum atomic E-state index is 5.42.